The first-order valence-corrected chi connectivity index (χ1v) is 6.18. The van der Waals surface area contributed by atoms with Crippen LogP contribution in [0.2, 0.25) is 0 Å². The van der Waals surface area contributed by atoms with Crippen molar-refractivity contribution in [1.29, 1.82) is 0 Å². The Kier molecular flexibility index (Phi) is 8.45. The third-order valence-corrected chi connectivity index (χ3v) is 2.71. The highest BCUT2D eigenvalue weighted by Crippen LogP contribution is 2.04. The van der Waals surface area contributed by atoms with E-state index < -0.39 is 36.2 Å². The summed E-state index contributed by atoms with van der Waals surface area (Å²) < 4.78 is 0. The number of nitrogens with two attached hydrogens (primary N) is 2. The Hall–Kier alpha value is -1.71. The van der Waals surface area contributed by atoms with Crippen LogP contribution in [0.15, 0.2) is 0 Å². The fourth-order valence-corrected chi connectivity index (χ4v) is 1.57. The van der Waals surface area contributed by atoms with Crippen molar-refractivity contribution < 1.29 is 29.7 Å². The molecule has 9 nitrogen and oxygen atoms in total. The summed E-state index contributed by atoms with van der Waals surface area (Å²) in [6, 6.07) is -2.02. The lowest BCUT2D eigenvalue weighted by molar-refractivity contribution is -0.141. The van der Waals surface area contributed by atoms with Gasteiger partial charge in [0.05, 0.1) is 6.17 Å². The first-order valence-electron chi connectivity index (χ1n) is 6.18. The van der Waals surface area contributed by atoms with E-state index in [-0.39, 0.29) is 19.3 Å². The molecule has 0 aliphatic heterocycles. The number of hydrogen-bond donors (Lipinski definition) is 6. The molecule has 0 heterocycles. The summed E-state index contributed by atoms with van der Waals surface area (Å²) in [5.74, 6) is -3.36. The molecule has 0 aliphatic carbocycles. The van der Waals surface area contributed by atoms with E-state index in [0.717, 1.165) is 0 Å². The number of nitrogens with one attached hydrogen (secondary N) is 1. The van der Waals surface area contributed by atoms with Gasteiger partial charge in [-0.3, -0.25) is 19.7 Å². The maximum atomic E-state index is 10.9. The second kappa shape index (κ2) is 9.23. The van der Waals surface area contributed by atoms with Gasteiger partial charge >= 0.3 is 17.9 Å². The molecular weight excluding hydrogens is 270 g/mol. The van der Waals surface area contributed by atoms with E-state index in [9.17, 15) is 14.4 Å². The molecule has 8 N–H and O–H groups in total. The highest BCUT2D eigenvalue weighted by molar-refractivity contribution is 5.75. The largest absolute Gasteiger partial charge is 0.481 e. The van der Waals surface area contributed by atoms with E-state index in [0.29, 0.717) is 12.8 Å². The monoisotopic (exact) mass is 291 g/mol. The molecule has 3 atom stereocenters. The number of aliphatic carboxylic acids is 3. The van der Waals surface area contributed by atoms with Crippen LogP contribution in [0.5, 0.6) is 0 Å². The van der Waals surface area contributed by atoms with Gasteiger partial charge in [-0.05, 0) is 25.7 Å². The lowest BCUT2D eigenvalue weighted by Gasteiger charge is -2.19. The van der Waals surface area contributed by atoms with Crippen molar-refractivity contribution in [2.24, 2.45) is 11.5 Å². The number of hydrogen-bond acceptors (Lipinski definition) is 6. The van der Waals surface area contributed by atoms with Crippen LogP contribution in [-0.2, 0) is 14.4 Å². The van der Waals surface area contributed by atoms with E-state index in [2.05, 4.69) is 5.32 Å². The second-order valence-corrected chi connectivity index (χ2v) is 4.47. The van der Waals surface area contributed by atoms with E-state index in [1.807, 2.05) is 0 Å². The lowest BCUT2D eigenvalue weighted by atomic mass is 10.1. The van der Waals surface area contributed by atoms with Gasteiger partial charge in [-0.2, -0.15) is 0 Å². The Labute approximate surface area is 115 Å². The summed E-state index contributed by atoms with van der Waals surface area (Å²) in [4.78, 5) is 31.8. The number of carboxylic acids is 3. The molecule has 0 radical (unpaired) electrons. The average Bonchev–Trinajstić information content (AvgIpc) is 2.33. The average molecular weight is 291 g/mol. The third kappa shape index (κ3) is 8.40. The molecule has 0 saturated heterocycles. The van der Waals surface area contributed by atoms with Crippen LogP contribution in [0.3, 0.4) is 0 Å². The molecule has 9 heteroatoms. The van der Waals surface area contributed by atoms with Crippen LogP contribution in [0.4, 0.5) is 0 Å². The molecule has 20 heavy (non-hydrogen) atoms. The molecule has 0 bridgehead atoms. The van der Waals surface area contributed by atoms with Gasteiger partial charge in [0.2, 0.25) is 0 Å². The molecule has 0 fully saturated rings. The minimum absolute atomic E-state index is 0.0764. The zero-order valence-corrected chi connectivity index (χ0v) is 11.0. The van der Waals surface area contributed by atoms with Crippen molar-refractivity contribution in [1.82, 2.24) is 5.32 Å². The second-order valence-electron chi connectivity index (χ2n) is 4.47. The third-order valence-electron chi connectivity index (χ3n) is 2.71. The fourth-order valence-electron chi connectivity index (χ4n) is 1.57. The topological polar surface area (TPSA) is 176 Å². The molecule has 0 aliphatic rings. The lowest BCUT2D eigenvalue weighted by Crippen LogP contribution is -2.48. The highest BCUT2D eigenvalue weighted by Gasteiger charge is 2.21. The summed E-state index contributed by atoms with van der Waals surface area (Å²) in [6.07, 6.45) is -0.0125. The smallest absolute Gasteiger partial charge is 0.320 e. The van der Waals surface area contributed by atoms with Crippen molar-refractivity contribution in [2.75, 3.05) is 0 Å². The van der Waals surface area contributed by atoms with Gasteiger partial charge in [0, 0.05) is 6.42 Å². The molecular formula is C11H21N3O6. The molecule has 0 saturated carbocycles. The van der Waals surface area contributed by atoms with Gasteiger partial charge in [-0.25, -0.2) is 0 Å². The summed E-state index contributed by atoms with van der Waals surface area (Å²) in [5.41, 5.74) is 11.0. The zero-order chi connectivity index (χ0) is 15.7. The van der Waals surface area contributed by atoms with Crippen molar-refractivity contribution >= 4 is 17.9 Å². The quantitative estimate of drug-likeness (QED) is 0.254. The Morgan fingerprint density at radius 2 is 1.55 bits per heavy atom. The molecule has 116 valence electrons. The van der Waals surface area contributed by atoms with E-state index in [4.69, 9.17) is 26.8 Å². The molecule has 0 amide bonds. The van der Waals surface area contributed by atoms with Crippen LogP contribution >= 0.6 is 0 Å². The predicted molar refractivity (Wildman–Crippen MR) is 68.9 cm³/mol. The van der Waals surface area contributed by atoms with Crippen LogP contribution in [-0.4, -0.2) is 51.5 Å². The van der Waals surface area contributed by atoms with Gasteiger partial charge < -0.3 is 26.8 Å². The predicted octanol–water partition coefficient (Wildman–Crippen LogP) is -1.24. The van der Waals surface area contributed by atoms with E-state index >= 15 is 0 Å². The van der Waals surface area contributed by atoms with Crippen molar-refractivity contribution in [2.45, 2.75) is 50.4 Å². The van der Waals surface area contributed by atoms with Crippen molar-refractivity contribution in [3.05, 3.63) is 0 Å². The normalized spacial score (nSPS) is 15.3. The summed E-state index contributed by atoms with van der Waals surface area (Å²) >= 11 is 0. The number of carbonyl (C=O) groups is 3. The first kappa shape index (κ1) is 18.3. The van der Waals surface area contributed by atoms with Gasteiger partial charge in [-0.15, -0.1) is 0 Å². The maximum Gasteiger partial charge on any atom is 0.320 e. The van der Waals surface area contributed by atoms with Crippen LogP contribution in [0.25, 0.3) is 0 Å². The maximum absolute atomic E-state index is 10.9. The Morgan fingerprint density at radius 3 is 2.00 bits per heavy atom. The highest BCUT2D eigenvalue weighted by atomic mass is 16.4. The molecule has 0 aromatic carbocycles. The molecule has 1 unspecified atom stereocenters. The number of rotatable bonds is 11. The molecule has 0 aromatic rings. The fraction of sp³-hybridized carbons (Fsp3) is 0.727. The Bertz CT molecular complexity index is 349. The van der Waals surface area contributed by atoms with Gasteiger partial charge in [-0.1, -0.05) is 0 Å². The first-order chi connectivity index (χ1) is 9.23. The van der Waals surface area contributed by atoms with Gasteiger partial charge in [0.15, 0.2) is 0 Å². The molecule has 0 aromatic heterocycles. The number of carboxylic acid groups (broad SMARTS) is 3. The zero-order valence-electron chi connectivity index (χ0n) is 11.0. The summed E-state index contributed by atoms with van der Waals surface area (Å²) in [6.45, 7) is 0. The minimum atomic E-state index is -1.18. The van der Waals surface area contributed by atoms with Crippen molar-refractivity contribution in [3.63, 3.8) is 0 Å². The molecule has 0 rings (SSSR count). The van der Waals surface area contributed by atoms with E-state index in [1.54, 1.807) is 0 Å². The van der Waals surface area contributed by atoms with E-state index in [1.165, 1.54) is 0 Å². The Morgan fingerprint density at radius 1 is 0.950 bits per heavy atom. The summed E-state index contributed by atoms with van der Waals surface area (Å²) in [5, 5.41) is 28.6. The SMILES string of the molecule is NC(CCC[C@H](N)C(=O)O)N[C@@H](CCC(=O)O)C(=O)O. The molecule has 0 spiro atoms. The van der Waals surface area contributed by atoms with Crippen LogP contribution in [0, 0.1) is 0 Å². The van der Waals surface area contributed by atoms with Gasteiger partial charge in [0.25, 0.3) is 0 Å². The van der Waals surface area contributed by atoms with Gasteiger partial charge in [0.1, 0.15) is 12.1 Å². The van der Waals surface area contributed by atoms with Crippen LogP contribution in [0.1, 0.15) is 32.1 Å². The van der Waals surface area contributed by atoms with Crippen molar-refractivity contribution in [3.8, 4) is 0 Å². The minimum Gasteiger partial charge on any atom is -0.481 e. The summed E-state index contributed by atoms with van der Waals surface area (Å²) in [7, 11) is 0. The van der Waals surface area contributed by atoms with Crippen LogP contribution < -0.4 is 16.8 Å². The standard InChI is InChI=1S/C11H21N3O6/c12-6(10(17)18)2-1-3-8(13)14-7(11(19)20)4-5-9(15)16/h6-8,14H,1-5,12-13H2,(H,15,16)(H,17,18)(H,19,20)/t6-,7-,8?/m0/s1. The Balaban J connectivity index is 4.06.